The first-order valence-corrected chi connectivity index (χ1v) is 5.35. The van der Waals surface area contributed by atoms with Crippen molar-refractivity contribution in [1.29, 1.82) is 0 Å². The highest BCUT2D eigenvalue weighted by molar-refractivity contribution is 6.05. The van der Waals surface area contributed by atoms with Gasteiger partial charge in [0.2, 0.25) is 0 Å². The van der Waals surface area contributed by atoms with E-state index in [-0.39, 0.29) is 11.5 Å². The summed E-state index contributed by atoms with van der Waals surface area (Å²) < 4.78 is 0. The average molecular weight is 240 g/mol. The van der Waals surface area contributed by atoms with Crippen LogP contribution in [-0.2, 0) is 0 Å². The number of hydrogen-bond acceptors (Lipinski definition) is 3. The minimum absolute atomic E-state index is 0.0810. The third-order valence-corrected chi connectivity index (χ3v) is 2.46. The van der Waals surface area contributed by atoms with Crippen LogP contribution < -0.4 is 0 Å². The molecule has 89 valence electrons. The van der Waals surface area contributed by atoms with Crippen molar-refractivity contribution in [2.75, 3.05) is 0 Å². The number of allylic oxidation sites excluding steroid dienone is 2. The van der Waals surface area contributed by atoms with Crippen molar-refractivity contribution in [2.24, 2.45) is 0 Å². The SMILES string of the molecule is O=C(/C=C/[C]1[CH][CH][CH][CH]1)c1cccc([N+](=O)[O-])c1. The summed E-state index contributed by atoms with van der Waals surface area (Å²) in [4.78, 5) is 21.9. The largest absolute Gasteiger partial charge is 0.289 e. The van der Waals surface area contributed by atoms with E-state index in [1.165, 1.54) is 24.3 Å². The number of carbonyl (C=O) groups excluding carboxylic acids is 1. The van der Waals surface area contributed by atoms with E-state index in [0.717, 1.165) is 5.92 Å². The highest BCUT2D eigenvalue weighted by atomic mass is 16.6. The third-order valence-electron chi connectivity index (χ3n) is 2.46. The molecular weight excluding hydrogens is 230 g/mol. The van der Waals surface area contributed by atoms with Gasteiger partial charge in [0.05, 0.1) is 4.92 Å². The Morgan fingerprint density at radius 2 is 1.94 bits per heavy atom. The lowest BCUT2D eigenvalue weighted by Gasteiger charge is -1.99. The molecule has 4 nitrogen and oxygen atoms in total. The Morgan fingerprint density at radius 3 is 2.61 bits per heavy atom. The van der Waals surface area contributed by atoms with E-state index >= 15 is 0 Å². The van der Waals surface area contributed by atoms with Crippen LogP contribution in [0.4, 0.5) is 5.69 Å². The molecule has 0 spiro atoms. The van der Waals surface area contributed by atoms with Gasteiger partial charge in [-0.3, -0.25) is 14.9 Å². The molecule has 1 fully saturated rings. The molecule has 0 heterocycles. The number of benzene rings is 1. The number of non-ortho nitro benzene ring substituents is 1. The summed E-state index contributed by atoms with van der Waals surface area (Å²) in [5.74, 6) is 0.675. The Bertz CT molecular complexity index is 488. The van der Waals surface area contributed by atoms with E-state index in [2.05, 4.69) is 0 Å². The predicted molar refractivity (Wildman–Crippen MR) is 67.0 cm³/mol. The van der Waals surface area contributed by atoms with Crippen molar-refractivity contribution in [3.63, 3.8) is 0 Å². The molecule has 0 saturated heterocycles. The van der Waals surface area contributed by atoms with Gasteiger partial charge in [-0.15, -0.1) is 0 Å². The van der Waals surface area contributed by atoms with Crippen molar-refractivity contribution in [1.82, 2.24) is 0 Å². The highest BCUT2D eigenvalue weighted by Crippen LogP contribution is 2.24. The molecule has 18 heavy (non-hydrogen) atoms. The second kappa shape index (κ2) is 5.58. The number of ketones is 1. The number of rotatable bonds is 4. The molecule has 2 rings (SSSR count). The topological polar surface area (TPSA) is 60.2 Å². The van der Waals surface area contributed by atoms with Crippen molar-refractivity contribution in [3.05, 3.63) is 83.7 Å². The Labute approximate surface area is 105 Å². The highest BCUT2D eigenvalue weighted by Gasteiger charge is 2.14. The van der Waals surface area contributed by atoms with Gasteiger partial charge < -0.3 is 0 Å². The van der Waals surface area contributed by atoms with Crippen LogP contribution >= 0.6 is 0 Å². The molecule has 0 aromatic heterocycles. The van der Waals surface area contributed by atoms with Crippen molar-refractivity contribution in [2.45, 2.75) is 0 Å². The van der Waals surface area contributed by atoms with E-state index in [1.807, 2.05) is 25.7 Å². The molecule has 4 heteroatoms. The number of carbonyl (C=O) groups is 1. The van der Waals surface area contributed by atoms with Gasteiger partial charge in [0.25, 0.3) is 5.69 Å². The molecular formula is C14H10NO3. The van der Waals surface area contributed by atoms with E-state index in [1.54, 1.807) is 12.1 Å². The molecule has 0 atom stereocenters. The minimum Gasteiger partial charge on any atom is -0.289 e. The van der Waals surface area contributed by atoms with Crippen molar-refractivity contribution in [3.8, 4) is 0 Å². The Kier molecular flexibility index (Phi) is 3.87. The van der Waals surface area contributed by atoms with Crippen LogP contribution in [0.1, 0.15) is 10.4 Å². The van der Waals surface area contributed by atoms with Gasteiger partial charge in [-0.05, 0) is 31.8 Å². The Hall–Kier alpha value is -1.97. The van der Waals surface area contributed by atoms with E-state index in [9.17, 15) is 14.9 Å². The van der Waals surface area contributed by atoms with Crippen LogP contribution in [0.15, 0.2) is 36.4 Å². The fourth-order valence-corrected chi connectivity index (χ4v) is 1.54. The van der Waals surface area contributed by atoms with Crippen LogP contribution in [0.3, 0.4) is 0 Å². The first-order chi connectivity index (χ1) is 8.66. The maximum absolute atomic E-state index is 11.8. The minimum atomic E-state index is -0.516. The third kappa shape index (κ3) is 3.03. The van der Waals surface area contributed by atoms with Gasteiger partial charge in [-0.25, -0.2) is 0 Å². The first kappa shape index (κ1) is 12.5. The number of nitrogens with zero attached hydrogens (tertiary/aromatic N) is 1. The maximum Gasteiger partial charge on any atom is 0.270 e. The van der Waals surface area contributed by atoms with Gasteiger partial charge >= 0.3 is 0 Å². The van der Waals surface area contributed by atoms with Gasteiger partial charge in [-0.1, -0.05) is 18.2 Å². The summed E-state index contributed by atoms with van der Waals surface area (Å²) in [5, 5.41) is 10.6. The summed E-state index contributed by atoms with van der Waals surface area (Å²) in [5.41, 5.74) is 0.231. The van der Waals surface area contributed by atoms with Crippen LogP contribution in [0.5, 0.6) is 0 Å². The summed E-state index contributed by atoms with van der Waals surface area (Å²) in [6, 6.07) is 5.70. The summed E-state index contributed by atoms with van der Waals surface area (Å²) in [6.07, 6.45) is 10.6. The predicted octanol–water partition coefficient (Wildman–Crippen LogP) is 2.74. The van der Waals surface area contributed by atoms with Gasteiger partial charge in [0, 0.05) is 23.6 Å². The lowest BCUT2D eigenvalue weighted by Crippen LogP contribution is -1.97. The molecule has 0 aliphatic heterocycles. The molecule has 0 unspecified atom stereocenters. The van der Waals surface area contributed by atoms with Gasteiger partial charge in [0.1, 0.15) is 0 Å². The monoisotopic (exact) mass is 240 g/mol. The van der Waals surface area contributed by atoms with Crippen LogP contribution in [0, 0.1) is 41.7 Å². The second-order valence-corrected chi connectivity index (χ2v) is 3.72. The summed E-state index contributed by atoms with van der Waals surface area (Å²) >= 11 is 0. The molecule has 5 radical (unpaired) electrons. The Morgan fingerprint density at radius 1 is 1.22 bits per heavy atom. The van der Waals surface area contributed by atoms with Gasteiger partial charge in [-0.2, -0.15) is 0 Å². The molecule has 1 aromatic rings. The van der Waals surface area contributed by atoms with Crippen LogP contribution in [-0.4, -0.2) is 10.7 Å². The summed E-state index contributed by atoms with van der Waals surface area (Å²) in [7, 11) is 0. The zero-order valence-electron chi connectivity index (χ0n) is 9.45. The molecule has 1 aliphatic rings. The smallest absolute Gasteiger partial charge is 0.270 e. The van der Waals surface area contributed by atoms with Crippen molar-refractivity contribution < 1.29 is 9.72 Å². The van der Waals surface area contributed by atoms with E-state index < -0.39 is 4.92 Å². The number of nitro groups is 1. The normalized spacial score (nSPS) is 16.2. The standard InChI is InChI=1S/C14H10NO3/c16-14(9-8-11-4-1-2-5-11)12-6-3-7-13(10-12)15(17)18/h1-10H/b9-8+. The number of hydrogen-bond donors (Lipinski definition) is 0. The lowest BCUT2D eigenvalue weighted by molar-refractivity contribution is -0.384. The zero-order valence-corrected chi connectivity index (χ0v) is 9.45. The summed E-state index contributed by atoms with van der Waals surface area (Å²) in [6.45, 7) is 0. The quantitative estimate of drug-likeness (QED) is 0.352. The van der Waals surface area contributed by atoms with E-state index in [0.29, 0.717) is 5.56 Å². The molecule has 0 bridgehead atoms. The zero-order chi connectivity index (χ0) is 13.0. The molecule has 0 amide bonds. The fourth-order valence-electron chi connectivity index (χ4n) is 1.54. The molecule has 1 saturated carbocycles. The van der Waals surface area contributed by atoms with E-state index in [4.69, 9.17) is 0 Å². The van der Waals surface area contributed by atoms with Crippen LogP contribution in [0.25, 0.3) is 0 Å². The van der Waals surface area contributed by atoms with Crippen LogP contribution in [0.2, 0.25) is 0 Å². The average Bonchev–Trinajstić information content (AvgIpc) is 2.89. The second-order valence-electron chi connectivity index (χ2n) is 3.72. The molecule has 0 N–H and O–H groups in total. The Balaban J connectivity index is 2.08. The van der Waals surface area contributed by atoms with Crippen molar-refractivity contribution >= 4 is 11.5 Å². The number of nitro benzene ring substituents is 1. The first-order valence-electron chi connectivity index (χ1n) is 5.35. The molecule has 1 aromatic carbocycles. The molecule has 1 aliphatic carbocycles. The lowest BCUT2D eigenvalue weighted by atomic mass is 10.0. The maximum atomic E-state index is 11.8. The fraction of sp³-hybridized carbons (Fsp3) is 0. The van der Waals surface area contributed by atoms with Gasteiger partial charge in [0.15, 0.2) is 5.78 Å².